The van der Waals surface area contributed by atoms with Crippen LogP contribution in [0.1, 0.15) is 40.7 Å². The molecule has 5 unspecified atom stereocenters. The van der Waals surface area contributed by atoms with Gasteiger partial charge in [-0.25, -0.2) is 0 Å². The standard InChI is InChI=1S/C27H30N2O4/c30-13-12-28-11-10-26-20-15-19(31)7-6-18(20)14-23(28)27(26)9-8-21-24(26)22(33-27)16-29(21)25(32)17-4-2-1-3-5-17/h1-7,15,21-24,30-31H,8-14,16H2/t21?,22-,23?,24?,26?,27?/m1/s1. The molecule has 3 heterocycles. The molecule has 2 aromatic rings. The van der Waals surface area contributed by atoms with E-state index < -0.39 is 0 Å². The normalized spacial score (nSPS) is 38.2. The van der Waals surface area contributed by atoms with Crippen LogP contribution in [0.2, 0.25) is 0 Å². The molecule has 5 aliphatic rings. The summed E-state index contributed by atoms with van der Waals surface area (Å²) in [5.41, 5.74) is 2.76. The Hall–Kier alpha value is -2.41. The van der Waals surface area contributed by atoms with Crippen molar-refractivity contribution in [3.8, 4) is 5.75 Å². The number of rotatable bonds is 3. The van der Waals surface area contributed by atoms with E-state index in [1.54, 1.807) is 6.07 Å². The fourth-order valence-electron chi connectivity index (χ4n) is 8.55. The Labute approximate surface area is 193 Å². The van der Waals surface area contributed by atoms with Gasteiger partial charge in [0.15, 0.2) is 0 Å². The number of carbonyl (C=O) groups is 1. The van der Waals surface area contributed by atoms with E-state index in [2.05, 4.69) is 15.9 Å². The number of β-amino-alcohol motifs (C(OH)–C–C–N with tert-alkyl or cyclic N) is 1. The molecular weight excluding hydrogens is 416 g/mol. The van der Waals surface area contributed by atoms with E-state index in [0.717, 1.165) is 37.8 Å². The third-order valence-corrected chi connectivity index (χ3v) is 9.52. The van der Waals surface area contributed by atoms with Gasteiger partial charge in [-0.05, 0) is 67.6 Å². The number of phenolic OH excluding ortho intramolecular Hbond substituents is 1. The predicted octanol–water partition coefficient (Wildman–Crippen LogP) is 2.32. The number of fused-ring (bicyclic) bond motifs is 1. The van der Waals surface area contributed by atoms with E-state index in [1.165, 1.54) is 11.1 Å². The SMILES string of the molecule is O=C(c1ccccc1)N1C[C@H]2OC34CCC1C2C31CCN(CCO)C4Cc2ccc(O)cc21. The van der Waals surface area contributed by atoms with Crippen molar-refractivity contribution in [2.75, 3.05) is 26.2 Å². The summed E-state index contributed by atoms with van der Waals surface area (Å²) in [5.74, 6) is 0.645. The summed E-state index contributed by atoms with van der Waals surface area (Å²) in [4.78, 5) is 18.0. The van der Waals surface area contributed by atoms with Crippen LogP contribution >= 0.6 is 0 Å². The molecule has 4 bridgehead atoms. The van der Waals surface area contributed by atoms with E-state index in [4.69, 9.17) is 4.74 Å². The zero-order valence-corrected chi connectivity index (χ0v) is 18.7. The second-order valence-corrected chi connectivity index (χ2v) is 10.5. The molecule has 2 N–H and O–H groups in total. The van der Waals surface area contributed by atoms with Crippen LogP contribution in [0.4, 0.5) is 0 Å². The highest BCUT2D eigenvalue weighted by molar-refractivity contribution is 5.94. The average Bonchev–Trinajstić information content (AvgIpc) is 3.28. The molecule has 0 spiro atoms. The number of amides is 1. The van der Waals surface area contributed by atoms with Crippen LogP contribution in [0.3, 0.4) is 0 Å². The number of nitrogens with zero attached hydrogens (tertiary/aromatic N) is 2. The molecule has 4 fully saturated rings. The van der Waals surface area contributed by atoms with Crippen molar-refractivity contribution in [2.24, 2.45) is 5.92 Å². The molecule has 2 aromatic carbocycles. The minimum absolute atomic E-state index is 0.00929. The maximum atomic E-state index is 13.5. The Morgan fingerprint density at radius 2 is 2.00 bits per heavy atom. The van der Waals surface area contributed by atoms with Crippen LogP contribution in [0.15, 0.2) is 48.5 Å². The lowest BCUT2D eigenvalue weighted by Gasteiger charge is -2.64. The molecule has 2 aliphatic carbocycles. The molecule has 1 saturated carbocycles. The molecule has 33 heavy (non-hydrogen) atoms. The molecule has 0 radical (unpaired) electrons. The summed E-state index contributed by atoms with van der Waals surface area (Å²) in [6.07, 6.45) is 3.68. The van der Waals surface area contributed by atoms with Crippen LogP contribution in [-0.2, 0) is 16.6 Å². The third-order valence-electron chi connectivity index (χ3n) is 9.52. The molecular formula is C27H30N2O4. The second kappa shape index (κ2) is 6.81. The molecule has 0 aromatic heterocycles. The largest absolute Gasteiger partial charge is 0.508 e. The van der Waals surface area contributed by atoms with Gasteiger partial charge in [0.25, 0.3) is 5.91 Å². The van der Waals surface area contributed by atoms with E-state index in [-0.39, 0.29) is 47.6 Å². The van der Waals surface area contributed by atoms with Gasteiger partial charge in [-0.2, -0.15) is 0 Å². The molecule has 3 saturated heterocycles. The Morgan fingerprint density at radius 3 is 2.82 bits per heavy atom. The maximum absolute atomic E-state index is 13.5. The zero-order valence-electron chi connectivity index (χ0n) is 18.7. The van der Waals surface area contributed by atoms with Gasteiger partial charge in [-0.15, -0.1) is 0 Å². The molecule has 1 amide bonds. The maximum Gasteiger partial charge on any atom is 0.254 e. The van der Waals surface area contributed by atoms with Crippen LogP contribution < -0.4 is 0 Å². The molecule has 6 heteroatoms. The van der Waals surface area contributed by atoms with Crippen molar-refractivity contribution in [2.45, 2.75) is 54.9 Å². The number of hydrogen-bond acceptors (Lipinski definition) is 5. The molecule has 7 rings (SSSR count). The van der Waals surface area contributed by atoms with E-state index >= 15 is 0 Å². The van der Waals surface area contributed by atoms with Crippen LogP contribution in [0, 0.1) is 5.92 Å². The fourth-order valence-corrected chi connectivity index (χ4v) is 8.55. The van der Waals surface area contributed by atoms with Gasteiger partial charge in [0.1, 0.15) is 5.75 Å². The molecule has 6 nitrogen and oxygen atoms in total. The minimum atomic E-state index is -0.311. The highest BCUT2D eigenvalue weighted by Crippen LogP contribution is 2.69. The monoisotopic (exact) mass is 446 g/mol. The number of carbonyl (C=O) groups excluding carboxylic acids is 1. The lowest BCUT2D eigenvalue weighted by Crippen LogP contribution is -2.74. The van der Waals surface area contributed by atoms with Crippen molar-refractivity contribution in [1.29, 1.82) is 0 Å². The first kappa shape index (κ1) is 20.0. The second-order valence-electron chi connectivity index (χ2n) is 10.5. The topological polar surface area (TPSA) is 73.2 Å². The van der Waals surface area contributed by atoms with Gasteiger partial charge in [-0.1, -0.05) is 24.3 Å². The number of phenols is 1. The Balaban J connectivity index is 1.36. The first-order valence-electron chi connectivity index (χ1n) is 12.3. The zero-order chi connectivity index (χ0) is 22.4. The fraction of sp³-hybridized carbons (Fsp3) is 0.519. The highest BCUT2D eigenvalue weighted by atomic mass is 16.5. The summed E-state index contributed by atoms with van der Waals surface area (Å²) >= 11 is 0. The van der Waals surface area contributed by atoms with Gasteiger partial charge in [0, 0.05) is 42.1 Å². The van der Waals surface area contributed by atoms with E-state index in [9.17, 15) is 15.0 Å². The van der Waals surface area contributed by atoms with Gasteiger partial charge < -0.3 is 19.8 Å². The number of piperidine rings is 1. The van der Waals surface area contributed by atoms with Crippen LogP contribution in [-0.4, -0.2) is 75.9 Å². The third kappa shape index (κ3) is 2.37. The number of benzene rings is 2. The first-order chi connectivity index (χ1) is 16.1. The van der Waals surface area contributed by atoms with Crippen LogP contribution in [0.25, 0.3) is 0 Å². The van der Waals surface area contributed by atoms with E-state index in [1.807, 2.05) is 36.4 Å². The summed E-state index contributed by atoms with van der Waals surface area (Å²) in [5, 5.41) is 20.2. The smallest absolute Gasteiger partial charge is 0.254 e. The minimum Gasteiger partial charge on any atom is -0.508 e. The van der Waals surface area contributed by atoms with Gasteiger partial charge >= 0.3 is 0 Å². The number of hydrogen-bond donors (Lipinski definition) is 2. The molecule has 172 valence electrons. The summed E-state index contributed by atoms with van der Waals surface area (Å²) in [6, 6.07) is 15.8. The molecule has 3 aliphatic heterocycles. The average molecular weight is 447 g/mol. The van der Waals surface area contributed by atoms with Gasteiger partial charge in [-0.3, -0.25) is 9.69 Å². The number of aromatic hydroxyl groups is 1. The quantitative estimate of drug-likeness (QED) is 0.757. The lowest BCUT2D eigenvalue weighted by molar-refractivity contribution is -0.171. The van der Waals surface area contributed by atoms with Gasteiger partial charge in [0.2, 0.25) is 0 Å². The van der Waals surface area contributed by atoms with Gasteiger partial charge in [0.05, 0.1) is 18.3 Å². The Bertz CT molecular complexity index is 1120. The summed E-state index contributed by atoms with van der Waals surface area (Å²) in [6.45, 7) is 2.36. The number of aliphatic hydroxyl groups is 1. The number of aliphatic hydroxyl groups excluding tert-OH is 1. The lowest BCUT2D eigenvalue weighted by atomic mass is 9.46. The highest BCUT2D eigenvalue weighted by Gasteiger charge is 2.78. The van der Waals surface area contributed by atoms with E-state index in [0.29, 0.717) is 18.8 Å². The summed E-state index contributed by atoms with van der Waals surface area (Å²) in [7, 11) is 0. The van der Waals surface area contributed by atoms with Crippen molar-refractivity contribution < 1.29 is 19.7 Å². The summed E-state index contributed by atoms with van der Waals surface area (Å²) < 4.78 is 7.12. The van der Waals surface area contributed by atoms with Crippen molar-refractivity contribution >= 4 is 5.91 Å². The Kier molecular flexibility index (Phi) is 4.13. The Morgan fingerprint density at radius 1 is 1.15 bits per heavy atom. The predicted molar refractivity (Wildman–Crippen MR) is 122 cm³/mol. The number of likely N-dealkylation sites (tertiary alicyclic amines) is 2. The van der Waals surface area contributed by atoms with Crippen molar-refractivity contribution in [3.05, 3.63) is 65.2 Å². The first-order valence-corrected chi connectivity index (χ1v) is 12.3. The number of ether oxygens (including phenoxy) is 1. The molecule has 6 atom stereocenters. The van der Waals surface area contributed by atoms with Crippen molar-refractivity contribution in [3.63, 3.8) is 0 Å². The van der Waals surface area contributed by atoms with Crippen LogP contribution in [0.5, 0.6) is 5.75 Å². The van der Waals surface area contributed by atoms with Crippen molar-refractivity contribution in [1.82, 2.24) is 9.80 Å².